The number of aryl methyl sites for hydroxylation is 3. The van der Waals surface area contributed by atoms with Crippen LogP contribution in [0.1, 0.15) is 35.1 Å². The van der Waals surface area contributed by atoms with Crippen LogP contribution >= 0.6 is 0 Å². The van der Waals surface area contributed by atoms with Crippen molar-refractivity contribution in [2.24, 2.45) is 10.7 Å². The Kier molecular flexibility index (Phi) is 6.40. The minimum atomic E-state index is 0.221. The maximum Gasteiger partial charge on any atom is 0.191 e. The van der Waals surface area contributed by atoms with Gasteiger partial charge in [-0.3, -0.25) is 4.99 Å². The zero-order valence-electron chi connectivity index (χ0n) is 17.8. The smallest absolute Gasteiger partial charge is 0.191 e. The lowest BCUT2D eigenvalue weighted by atomic mass is 9.92. The van der Waals surface area contributed by atoms with Crippen molar-refractivity contribution in [3.05, 3.63) is 58.7 Å². The number of nitrogens with two attached hydrogens (primary N) is 1. The summed E-state index contributed by atoms with van der Waals surface area (Å²) in [5.41, 5.74) is 14.0. The third-order valence-corrected chi connectivity index (χ3v) is 5.86. The molecule has 0 fully saturated rings. The molecular formula is C24H33N3O. The molecule has 0 amide bonds. The topological polar surface area (TPSA) is 50.9 Å². The highest BCUT2D eigenvalue weighted by Crippen LogP contribution is 2.26. The van der Waals surface area contributed by atoms with Gasteiger partial charge >= 0.3 is 0 Å². The van der Waals surface area contributed by atoms with E-state index < -0.39 is 0 Å². The first-order chi connectivity index (χ1) is 13.4. The number of nitrogens with zero attached hydrogens (tertiary/aromatic N) is 2. The van der Waals surface area contributed by atoms with E-state index in [2.05, 4.69) is 67.1 Å². The number of aliphatic imine (C=N–C) groups is 1. The first-order valence-electron chi connectivity index (χ1n) is 10.1. The molecule has 3 rings (SSSR count). The SMILES string of the molecule is COC1CC/N=C(/N)N(C)C(Cc2ccc(-c3cc(C)cc(C)c3)cc2C)C1. The monoisotopic (exact) mass is 379 g/mol. The number of methoxy groups -OCH3 is 1. The Bertz CT molecular complexity index is 839. The summed E-state index contributed by atoms with van der Waals surface area (Å²) >= 11 is 0. The summed E-state index contributed by atoms with van der Waals surface area (Å²) < 4.78 is 5.67. The highest BCUT2D eigenvalue weighted by Gasteiger charge is 2.24. The van der Waals surface area contributed by atoms with E-state index >= 15 is 0 Å². The van der Waals surface area contributed by atoms with Crippen molar-refractivity contribution in [1.82, 2.24) is 4.90 Å². The van der Waals surface area contributed by atoms with E-state index in [0.29, 0.717) is 5.96 Å². The molecule has 0 aromatic heterocycles. The fourth-order valence-corrected chi connectivity index (χ4v) is 4.14. The van der Waals surface area contributed by atoms with Crippen LogP contribution < -0.4 is 5.73 Å². The second-order valence-electron chi connectivity index (χ2n) is 8.11. The van der Waals surface area contributed by atoms with Crippen LogP contribution in [0.15, 0.2) is 41.4 Å². The van der Waals surface area contributed by atoms with Crippen molar-refractivity contribution in [3.8, 4) is 11.1 Å². The highest BCUT2D eigenvalue weighted by molar-refractivity contribution is 5.78. The molecule has 0 saturated heterocycles. The summed E-state index contributed by atoms with van der Waals surface area (Å²) in [5, 5.41) is 0. The van der Waals surface area contributed by atoms with Crippen molar-refractivity contribution in [2.45, 2.75) is 52.2 Å². The number of likely N-dealkylation sites (N-methyl/N-ethyl adjacent to an activating group) is 1. The highest BCUT2D eigenvalue weighted by atomic mass is 16.5. The lowest BCUT2D eigenvalue weighted by Crippen LogP contribution is -2.46. The second-order valence-corrected chi connectivity index (χ2v) is 8.11. The average molecular weight is 380 g/mol. The summed E-state index contributed by atoms with van der Waals surface area (Å²) in [4.78, 5) is 6.60. The van der Waals surface area contributed by atoms with E-state index in [1.54, 1.807) is 7.11 Å². The van der Waals surface area contributed by atoms with Crippen LogP contribution in [0.4, 0.5) is 0 Å². The minimum absolute atomic E-state index is 0.221. The van der Waals surface area contributed by atoms with Crippen LogP contribution in [0.2, 0.25) is 0 Å². The van der Waals surface area contributed by atoms with Gasteiger partial charge in [0.25, 0.3) is 0 Å². The Morgan fingerprint density at radius 3 is 2.43 bits per heavy atom. The predicted octanol–water partition coefficient (Wildman–Crippen LogP) is 4.25. The lowest BCUT2D eigenvalue weighted by molar-refractivity contribution is 0.0691. The van der Waals surface area contributed by atoms with Crippen LogP contribution in [0.3, 0.4) is 0 Å². The van der Waals surface area contributed by atoms with Gasteiger partial charge in [0.2, 0.25) is 0 Å². The van der Waals surface area contributed by atoms with Crippen molar-refractivity contribution >= 4 is 5.96 Å². The van der Waals surface area contributed by atoms with E-state index in [-0.39, 0.29) is 12.1 Å². The fraction of sp³-hybridized carbons (Fsp3) is 0.458. The van der Waals surface area contributed by atoms with Gasteiger partial charge in [0.15, 0.2) is 5.96 Å². The molecule has 2 N–H and O–H groups in total. The third kappa shape index (κ3) is 4.74. The molecule has 2 unspecified atom stereocenters. The van der Waals surface area contributed by atoms with Crippen molar-refractivity contribution in [2.75, 3.05) is 20.7 Å². The largest absolute Gasteiger partial charge is 0.381 e. The fourth-order valence-electron chi connectivity index (χ4n) is 4.14. The Labute approximate surface area is 169 Å². The number of guanidine groups is 1. The molecule has 150 valence electrons. The molecule has 2 atom stereocenters. The van der Waals surface area contributed by atoms with Crippen LogP contribution in [-0.2, 0) is 11.2 Å². The molecule has 0 saturated carbocycles. The summed E-state index contributed by atoms with van der Waals surface area (Å²) in [6.07, 6.45) is 3.04. The van der Waals surface area contributed by atoms with Crippen molar-refractivity contribution in [3.63, 3.8) is 0 Å². The Morgan fingerprint density at radius 1 is 1.07 bits per heavy atom. The summed E-state index contributed by atoms with van der Waals surface area (Å²) in [5.74, 6) is 0.629. The molecule has 2 aromatic rings. The molecule has 4 heteroatoms. The van der Waals surface area contributed by atoms with Crippen molar-refractivity contribution < 1.29 is 4.74 Å². The number of rotatable bonds is 4. The van der Waals surface area contributed by atoms with E-state index in [1.165, 1.54) is 33.4 Å². The van der Waals surface area contributed by atoms with Gasteiger partial charge in [0.1, 0.15) is 0 Å². The van der Waals surface area contributed by atoms with Gasteiger partial charge < -0.3 is 15.4 Å². The van der Waals surface area contributed by atoms with E-state index in [1.807, 2.05) is 7.05 Å². The predicted molar refractivity (Wildman–Crippen MR) is 118 cm³/mol. The molecule has 1 heterocycles. The molecule has 0 aliphatic carbocycles. The first-order valence-corrected chi connectivity index (χ1v) is 10.1. The van der Waals surface area contributed by atoms with Gasteiger partial charge in [-0.05, 0) is 62.3 Å². The average Bonchev–Trinajstić information content (AvgIpc) is 2.65. The number of hydrogen-bond donors (Lipinski definition) is 1. The van der Waals surface area contributed by atoms with Gasteiger partial charge in [0.05, 0.1) is 6.10 Å². The summed E-state index contributed by atoms with van der Waals surface area (Å²) in [7, 11) is 3.83. The first kappa shape index (κ1) is 20.4. The van der Waals surface area contributed by atoms with E-state index in [4.69, 9.17) is 10.5 Å². The number of benzene rings is 2. The van der Waals surface area contributed by atoms with Gasteiger partial charge in [-0.2, -0.15) is 0 Å². The zero-order chi connectivity index (χ0) is 20.3. The summed E-state index contributed by atoms with van der Waals surface area (Å²) in [6.45, 7) is 7.24. The summed E-state index contributed by atoms with van der Waals surface area (Å²) in [6, 6.07) is 13.8. The number of ether oxygens (including phenoxy) is 1. The lowest BCUT2D eigenvalue weighted by Gasteiger charge is -2.34. The molecular weight excluding hydrogens is 346 g/mol. The molecule has 1 aliphatic heterocycles. The zero-order valence-corrected chi connectivity index (χ0v) is 17.8. The molecule has 0 spiro atoms. The Hall–Kier alpha value is -2.33. The molecule has 1 aliphatic rings. The van der Waals surface area contributed by atoms with Gasteiger partial charge in [-0.25, -0.2) is 0 Å². The maximum atomic E-state index is 6.18. The molecule has 28 heavy (non-hydrogen) atoms. The van der Waals surface area contributed by atoms with Gasteiger partial charge in [0, 0.05) is 26.7 Å². The maximum absolute atomic E-state index is 6.18. The quantitative estimate of drug-likeness (QED) is 0.864. The second kappa shape index (κ2) is 8.78. The van der Waals surface area contributed by atoms with Crippen LogP contribution in [0.25, 0.3) is 11.1 Å². The van der Waals surface area contributed by atoms with Gasteiger partial charge in [-0.15, -0.1) is 0 Å². The molecule has 2 aromatic carbocycles. The van der Waals surface area contributed by atoms with E-state index in [0.717, 1.165) is 25.8 Å². The number of hydrogen-bond acceptors (Lipinski definition) is 4. The normalized spacial score (nSPS) is 22.3. The van der Waals surface area contributed by atoms with E-state index in [9.17, 15) is 0 Å². The minimum Gasteiger partial charge on any atom is -0.381 e. The Morgan fingerprint density at radius 2 is 1.79 bits per heavy atom. The molecule has 0 radical (unpaired) electrons. The van der Waals surface area contributed by atoms with Crippen molar-refractivity contribution in [1.29, 1.82) is 0 Å². The standard InChI is InChI=1S/C24H33N3O/c1-16-10-17(2)12-21(11-16)20-7-6-19(18(3)13-20)14-22-15-23(28-5)8-9-26-24(25)27(22)4/h6-7,10-13,22-23H,8-9,14-15H2,1-5H3,(H2,25,26). The van der Waals surface area contributed by atoms with Gasteiger partial charge in [-0.1, -0.05) is 47.5 Å². The third-order valence-electron chi connectivity index (χ3n) is 5.86. The Balaban J connectivity index is 1.85. The molecule has 0 bridgehead atoms. The molecule has 4 nitrogen and oxygen atoms in total. The van der Waals surface area contributed by atoms with Crippen LogP contribution in [0, 0.1) is 20.8 Å². The van der Waals surface area contributed by atoms with Crippen LogP contribution in [-0.4, -0.2) is 43.7 Å². The van der Waals surface area contributed by atoms with Crippen LogP contribution in [0.5, 0.6) is 0 Å².